The van der Waals surface area contributed by atoms with Gasteiger partial charge in [0, 0.05) is 31.7 Å². The standard InChI is InChI=1S/C21H23ClN2O3S/c1-2-19(27)21-10-18-20(28-21)9-17(15-5-4-13(25)8-16(15)22)24(18)7-3-6-23-11-14(26)12-23/h2,4-5,8-10,14,25-27H,3,6-7,11-12H2,1H3. The Morgan fingerprint density at radius 1 is 1.25 bits per heavy atom. The summed E-state index contributed by atoms with van der Waals surface area (Å²) in [7, 11) is 0. The zero-order valence-electron chi connectivity index (χ0n) is 15.6. The summed E-state index contributed by atoms with van der Waals surface area (Å²) in [6.45, 7) is 5.04. The molecule has 1 aliphatic rings. The van der Waals surface area contributed by atoms with Crippen molar-refractivity contribution in [2.75, 3.05) is 19.6 Å². The highest BCUT2D eigenvalue weighted by molar-refractivity contribution is 7.20. The number of nitrogens with zero attached hydrogens (tertiary/aromatic N) is 2. The van der Waals surface area contributed by atoms with Gasteiger partial charge in [-0.05, 0) is 49.8 Å². The first-order chi connectivity index (χ1) is 13.5. The van der Waals surface area contributed by atoms with Gasteiger partial charge in [-0.15, -0.1) is 11.3 Å². The third kappa shape index (κ3) is 3.65. The number of hydrogen-bond acceptors (Lipinski definition) is 5. The summed E-state index contributed by atoms with van der Waals surface area (Å²) in [5, 5.41) is 29.7. The second-order valence-corrected chi connectivity index (χ2v) is 8.64. The number of aliphatic hydroxyl groups excluding tert-OH is 2. The van der Waals surface area contributed by atoms with Crippen molar-refractivity contribution in [3.63, 3.8) is 0 Å². The first-order valence-corrected chi connectivity index (χ1v) is 10.5. The van der Waals surface area contributed by atoms with Crippen molar-refractivity contribution in [3.8, 4) is 17.0 Å². The lowest BCUT2D eigenvalue weighted by Gasteiger charge is -2.35. The van der Waals surface area contributed by atoms with Gasteiger partial charge in [0.2, 0.25) is 0 Å². The van der Waals surface area contributed by atoms with E-state index >= 15 is 0 Å². The molecule has 28 heavy (non-hydrogen) atoms. The lowest BCUT2D eigenvalue weighted by atomic mass is 10.1. The number of phenols is 1. The maximum Gasteiger partial charge on any atom is 0.128 e. The Kier molecular flexibility index (Phi) is 5.38. The van der Waals surface area contributed by atoms with E-state index in [0.717, 1.165) is 59.0 Å². The maximum atomic E-state index is 10.1. The van der Waals surface area contributed by atoms with Crippen molar-refractivity contribution in [3.05, 3.63) is 46.3 Å². The Balaban J connectivity index is 1.69. The number of benzene rings is 1. The number of aryl methyl sites for hydroxylation is 1. The Labute approximate surface area is 172 Å². The number of rotatable bonds is 6. The molecule has 1 aromatic carbocycles. The van der Waals surface area contributed by atoms with Crippen molar-refractivity contribution in [2.45, 2.75) is 26.0 Å². The number of aliphatic hydroxyl groups is 2. The van der Waals surface area contributed by atoms with Gasteiger partial charge >= 0.3 is 0 Å². The number of aromatic nitrogens is 1. The molecule has 3 N–H and O–H groups in total. The number of likely N-dealkylation sites (tertiary alicyclic amines) is 1. The van der Waals surface area contributed by atoms with Crippen molar-refractivity contribution < 1.29 is 15.3 Å². The van der Waals surface area contributed by atoms with E-state index in [1.165, 1.54) is 0 Å². The zero-order chi connectivity index (χ0) is 19.8. The summed E-state index contributed by atoms with van der Waals surface area (Å²) in [6, 6.07) is 9.15. The van der Waals surface area contributed by atoms with Crippen LogP contribution >= 0.6 is 22.9 Å². The van der Waals surface area contributed by atoms with Crippen LogP contribution in [-0.4, -0.2) is 50.5 Å². The van der Waals surface area contributed by atoms with Gasteiger partial charge in [0.05, 0.1) is 31.9 Å². The summed E-state index contributed by atoms with van der Waals surface area (Å²) in [4.78, 5) is 3.08. The average Bonchev–Trinajstić information content (AvgIpc) is 3.18. The number of halogens is 1. The van der Waals surface area contributed by atoms with E-state index in [1.807, 2.05) is 19.1 Å². The topological polar surface area (TPSA) is 68.9 Å². The van der Waals surface area contributed by atoms with Crippen LogP contribution in [0.1, 0.15) is 18.2 Å². The second-order valence-electron chi connectivity index (χ2n) is 7.15. The highest BCUT2D eigenvalue weighted by atomic mass is 35.5. The lowest BCUT2D eigenvalue weighted by molar-refractivity contribution is 0.00129. The molecule has 0 unspecified atom stereocenters. The highest BCUT2D eigenvalue weighted by Gasteiger charge is 2.23. The third-order valence-corrected chi connectivity index (χ3v) is 6.54. The van der Waals surface area contributed by atoms with Crippen LogP contribution in [0.25, 0.3) is 27.2 Å². The molecule has 5 nitrogen and oxygen atoms in total. The monoisotopic (exact) mass is 418 g/mol. The molecular formula is C21H23ClN2O3S. The fraction of sp³-hybridized carbons (Fsp3) is 0.333. The molecule has 3 aromatic rings. The molecule has 2 aromatic heterocycles. The molecule has 1 fully saturated rings. The molecule has 148 valence electrons. The van der Waals surface area contributed by atoms with Crippen LogP contribution in [0.3, 0.4) is 0 Å². The van der Waals surface area contributed by atoms with E-state index in [9.17, 15) is 15.3 Å². The second kappa shape index (κ2) is 7.79. The van der Waals surface area contributed by atoms with Gasteiger partial charge in [0.25, 0.3) is 0 Å². The number of phenolic OH excluding ortho intramolecular Hbond substituents is 1. The van der Waals surface area contributed by atoms with E-state index in [2.05, 4.69) is 15.5 Å². The quantitative estimate of drug-likeness (QED) is 0.507. The Morgan fingerprint density at radius 3 is 2.71 bits per heavy atom. The van der Waals surface area contributed by atoms with Gasteiger partial charge in [-0.25, -0.2) is 0 Å². The third-order valence-electron chi connectivity index (χ3n) is 5.14. The van der Waals surface area contributed by atoms with Crippen LogP contribution in [0.4, 0.5) is 0 Å². The lowest BCUT2D eigenvalue weighted by Crippen LogP contribution is -2.50. The molecule has 3 heterocycles. The van der Waals surface area contributed by atoms with Crippen LogP contribution in [-0.2, 0) is 6.54 Å². The predicted molar refractivity (Wildman–Crippen MR) is 115 cm³/mol. The molecule has 7 heteroatoms. The summed E-state index contributed by atoms with van der Waals surface area (Å²) in [5.41, 5.74) is 2.94. The van der Waals surface area contributed by atoms with Crippen LogP contribution in [0, 0.1) is 0 Å². The molecule has 1 aliphatic heterocycles. The van der Waals surface area contributed by atoms with Crippen molar-refractivity contribution in [1.82, 2.24) is 9.47 Å². The van der Waals surface area contributed by atoms with Crippen LogP contribution in [0.15, 0.2) is 36.4 Å². The van der Waals surface area contributed by atoms with Crippen molar-refractivity contribution in [1.29, 1.82) is 0 Å². The van der Waals surface area contributed by atoms with E-state index in [1.54, 1.807) is 29.5 Å². The molecule has 0 bridgehead atoms. The molecule has 0 radical (unpaired) electrons. The van der Waals surface area contributed by atoms with Gasteiger partial charge in [-0.3, -0.25) is 4.90 Å². The number of β-amino-alcohol motifs (C(OH)–C–C–N with tert-alkyl or cyclic N) is 1. The van der Waals surface area contributed by atoms with Crippen LogP contribution in [0.5, 0.6) is 5.75 Å². The minimum atomic E-state index is -0.187. The normalized spacial score (nSPS) is 16.0. The predicted octanol–water partition coefficient (Wildman–Crippen LogP) is 4.71. The largest absolute Gasteiger partial charge is 0.508 e. The molecule has 0 amide bonds. The Hall–Kier alpha value is -1.99. The molecule has 0 aliphatic carbocycles. The van der Waals surface area contributed by atoms with Crippen molar-refractivity contribution in [2.24, 2.45) is 0 Å². The summed E-state index contributed by atoms with van der Waals surface area (Å²) in [6.07, 6.45) is 2.45. The minimum absolute atomic E-state index is 0.144. The fourth-order valence-electron chi connectivity index (χ4n) is 3.66. The number of hydrogen-bond donors (Lipinski definition) is 3. The number of fused-ring (bicyclic) bond motifs is 1. The van der Waals surface area contributed by atoms with Crippen LogP contribution < -0.4 is 0 Å². The molecule has 0 spiro atoms. The van der Waals surface area contributed by atoms with E-state index in [0.29, 0.717) is 5.02 Å². The Morgan fingerprint density at radius 2 is 2.04 bits per heavy atom. The first kappa shape index (κ1) is 19.3. The first-order valence-electron chi connectivity index (χ1n) is 9.34. The van der Waals surface area contributed by atoms with E-state index in [-0.39, 0.29) is 17.6 Å². The van der Waals surface area contributed by atoms with E-state index in [4.69, 9.17) is 11.6 Å². The number of aromatic hydroxyl groups is 1. The SMILES string of the molecule is CC=C(O)c1cc2c(cc(-c3ccc(O)cc3Cl)n2CCCN2CC(O)C2)s1. The van der Waals surface area contributed by atoms with Gasteiger partial charge in [0.15, 0.2) is 0 Å². The van der Waals surface area contributed by atoms with Gasteiger partial charge in [-0.2, -0.15) is 0 Å². The molecule has 4 rings (SSSR count). The van der Waals surface area contributed by atoms with Gasteiger partial charge in [0.1, 0.15) is 11.5 Å². The summed E-state index contributed by atoms with van der Waals surface area (Å²) >= 11 is 7.96. The van der Waals surface area contributed by atoms with Crippen molar-refractivity contribution >= 4 is 38.9 Å². The van der Waals surface area contributed by atoms with Gasteiger partial charge in [-0.1, -0.05) is 11.6 Å². The van der Waals surface area contributed by atoms with E-state index < -0.39 is 0 Å². The summed E-state index contributed by atoms with van der Waals surface area (Å²) < 4.78 is 3.31. The minimum Gasteiger partial charge on any atom is -0.508 e. The fourth-order valence-corrected chi connectivity index (χ4v) is 5.01. The molecule has 0 atom stereocenters. The summed E-state index contributed by atoms with van der Waals surface area (Å²) in [5.74, 6) is 0.428. The molecular weight excluding hydrogens is 396 g/mol. The van der Waals surface area contributed by atoms with Gasteiger partial charge < -0.3 is 19.9 Å². The number of allylic oxidation sites excluding steroid dienone is 1. The Bertz CT molecular complexity index is 1030. The smallest absolute Gasteiger partial charge is 0.128 e. The number of thiophene rings is 1. The zero-order valence-corrected chi connectivity index (χ0v) is 17.2. The maximum absolute atomic E-state index is 10.1. The van der Waals surface area contributed by atoms with Crippen LogP contribution in [0.2, 0.25) is 5.02 Å². The highest BCUT2D eigenvalue weighted by Crippen LogP contribution is 2.39. The molecule has 0 saturated carbocycles. The molecule has 1 saturated heterocycles. The average molecular weight is 419 g/mol.